The number of hydrogen-bond acceptors (Lipinski definition) is 3. The Kier molecular flexibility index (Phi) is 7.28. The molecule has 0 bridgehead atoms. The summed E-state index contributed by atoms with van der Waals surface area (Å²) in [5.74, 6) is -1.57. The fraction of sp³-hybridized carbons (Fsp3) is 0.529. The summed E-state index contributed by atoms with van der Waals surface area (Å²) in [5.41, 5.74) is 0.946. The van der Waals surface area contributed by atoms with Crippen LogP contribution in [-0.2, 0) is 9.59 Å². The van der Waals surface area contributed by atoms with Gasteiger partial charge in [-0.15, -0.1) is 0 Å². The average Bonchev–Trinajstić information content (AvgIpc) is 3.07. The molecule has 0 radical (unpaired) electrons. The molecule has 144 valence electrons. The maximum absolute atomic E-state index is 12.1. The molecule has 5 nitrogen and oxygen atoms in total. The van der Waals surface area contributed by atoms with E-state index in [1.807, 2.05) is 18.2 Å². The molecule has 1 aromatic carbocycles. The van der Waals surface area contributed by atoms with Gasteiger partial charge in [0.05, 0.1) is 6.04 Å². The van der Waals surface area contributed by atoms with E-state index in [9.17, 15) is 22.8 Å². The van der Waals surface area contributed by atoms with Gasteiger partial charge in [-0.2, -0.15) is 13.2 Å². The van der Waals surface area contributed by atoms with Crippen molar-refractivity contribution < 1.29 is 22.8 Å². The molecular formula is C17H21ClF3N3O2. The van der Waals surface area contributed by atoms with E-state index in [1.54, 1.807) is 11.4 Å². The second-order valence-electron chi connectivity index (χ2n) is 6.19. The Labute approximate surface area is 154 Å². The SMILES string of the molecule is O=C(CC(=O)NCC(F)(F)F)NCC(c1cccc(Cl)c1)N1CCCC1. The topological polar surface area (TPSA) is 61.4 Å². The predicted octanol–water partition coefficient (Wildman–Crippen LogP) is 2.66. The van der Waals surface area contributed by atoms with E-state index < -0.39 is 31.0 Å². The molecule has 1 saturated heterocycles. The van der Waals surface area contributed by atoms with E-state index in [4.69, 9.17) is 11.6 Å². The summed E-state index contributed by atoms with van der Waals surface area (Å²) < 4.78 is 36.2. The molecule has 1 unspecified atom stereocenters. The minimum Gasteiger partial charge on any atom is -0.354 e. The predicted molar refractivity (Wildman–Crippen MR) is 91.7 cm³/mol. The number of hydrogen-bond donors (Lipinski definition) is 2. The summed E-state index contributed by atoms with van der Waals surface area (Å²) >= 11 is 6.05. The normalized spacial score (nSPS) is 16.3. The second kappa shape index (κ2) is 9.23. The number of nitrogens with one attached hydrogen (secondary N) is 2. The highest BCUT2D eigenvalue weighted by Crippen LogP contribution is 2.26. The van der Waals surface area contributed by atoms with Crippen molar-refractivity contribution >= 4 is 23.4 Å². The molecule has 2 amide bonds. The van der Waals surface area contributed by atoms with Crippen LogP contribution in [0.5, 0.6) is 0 Å². The van der Waals surface area contributed by atoms with Gasteiger partial charge in [0.25, 0.3) is 0 Å². The Morgan fingerprint density at radius 1 is 1.15 bits per heavy atom. The number of amides is 2. The number of benzene rings is 1. The summed E-state index contributed by atoms with van der Waals surface area (Å²) in [6.45, 7) is 0.585. The molecule has 26 heavy (non-hydrogen) atoms. The largest absolute Gasteiger partial charge is 0.405 e. The van der Waals surface area contributed by atoms with Crippen LogP contribution in [-0.4, -0.2) is 49.1 Å². The van der Waals surface area contributed by atoms with E-state index in [0.717, 1.165) is 31.5 Å². The summed E-state index contributed by atoms with van der Waals surface area (Å²) in [6, 6.07) is 7.23. The number of carbonyl (C=O) groups is 2. The van der Waals surface area contributed by atoms with Crippen molar-refractivity contribution in [3.8, 4) is 0 Å². The van der Waals surface area contributed by atoms with Crippen molar-refractivity contribution in [2.45, 2.75) is 31.5 Å². The molecule has 1 aromatic rings. The van der Waals surface area contributed by atoms with Crippen LogP contribution in [0.1, 0.15) is 30.9 Å². The first-order valence-corrected chi connectivity index (χ1v) is 8.72. The Morgan fingerprint density at radius 2 is 1.81 bits per heavy atom. The van der Waals surface area contributed by atoms with Gasteiger partial charge in [-0.3, -0.25) is 14.5 Å². The van der Waals surface area contributed by atoms with Gasteiger partial charge in [-0.25, -0.2) is 0 Å². The number of likely N-dealkylation sites (tertiary alicyclic amines) is 1. The van der Waals surface area contributed by atoms with Gasteiger partial charge in [0.15, 0.2) is 0 Å². The minimum absolute atomic E-state index is 0.0987. The highest BCUT2D eigenvalue weighted by Gasteiger charge is 2.28. The first-order chi connectivity index (χ1) is 12.2. The number of alkyl halides is 3. The number of rotatable bonds is 7. The Morgan fingerprint density at radius 3 is 2.42 bits per heavy atom. The fourth-order valence-electron chi connectivity index (χ4n) is 2.91. The first-order valence-electron chi connectivity index (χ1n) is 8.34. The molecule has 9 heteroatoms. The molecule has 2 N–H and O–H groups in total. The van der Waals surface area contributed by atoms with Gasteiger partial charge >= 0.3 is 6.18 Å². The average molecular weight is 392 g/mol. The van der Waals surface area contributed by atoms with E-state index >= 15 is 0 Å². The standard InChI is InChI=1S/C17H21ClF3N3O2/c18-13-5-3-4-12(8-13)14(24-6-1-2-7-24)10-22-15(25)9-16(26)23-11-17(19,20)21/h3-5,8,14H,1-2,6-7,9-11H2,(H,22,25)(H,23,26). The van der Waals surface area contributed by atoms with Crippen LogP contribution < -0.4 is 10.6 Å². The molecule has 0 aliphatic carbocycles. The van der Waals surface area contributed by atoms with Crippen molar-refractivity contribution in [2.24, 2.45) is 0 Å². The van der Waals surface area contributed by atoms with E-state index in [2.05, 4.69) is 10.2 Å². The fourth-order valence-corrected chi connectivity index (χ4v) is 3.10. The molecule has 0 aromatic heterocycles. The summed E-state index contributed by atoms with van der Waals surface area (Å²) in [5, 5.41) is 4.91. The highest BCUT2D eigenvalue weighted by molar-refractivity contribution is 6.30. The summed E-state index contributed by atoms with van der Waals surface area (Å²) in [4.78, 5) is 25.5. The van der Waals surface area contributed by atoms with Crippen molar-refractivity contribution in [1.82, 2.24) is 15.5 Å². The lowest BCUT2D eigenvalue weighted by Gasteiger charge is -2.28. The molecule has 1 atom stereocenters. The lowest BCUT2D eigenvalue weighted by Crippen LogP contribution is -2.40. The van der Waals surface area contributed by atoms with Crippen LogP contribution in [0.2, 0.25) is 5.02 Å². The summed E-state index contributed by atoms with van der Waals surface area (Å²) in [7, 11) is 0. The molecule has 1 fully saturated rings. The van der Waals surface area contributed by atoms with Crippen molar-refractivity contribution in [3.63, 3.8) is 0 Å². The zero-order valence-electron chi connectivity index (χ0n) is 14.1. The van der Waals surface area contributed by atoms with Crippen LogP contribution in [0.3, 0.4) is 0 Å². The number of carbonyl (C=O) groups excluding carboxylic acids is 2. The van der Waals surface area contributed by atoms with Crippen molar-refractivity contribution in [2.75, 3.05) is 26.2 Å². The quantitative estimate of drug-likeness (QED) is 0.702. The van der Waals surface area contributed by atoms with E-state index in [-0.39, 0.29) is 12.6 Å². The zero-order chi connectivity index (χ0) is 19.2. The van der Waals surface area contributed by atoms with Crippen molar-refractivity contribution in [3.05, 3.63) is 34.9 Å². The molecule has 1 aliphatic heterocycles. The molecule has 1 heterocycles. The van der Waals surface area contributed by atoms with Crippen LogP contribution in [0.4, 0.5) is 13.2 Å². The molecule has 1 aliphatic rings. The van der Waals surface area contributed by atoms with Gasteiger partial charge in [-0.1, -0.05) is 23.7 Å². The van der Waals surface area contributed by atoms with Gasteiger partial charge in [0, 0.05) is 11.6 Å². The Balaban J connectivity index is 1.90. The molecule has 0 saturated carbocycles. The highest BCUT2D eigenvalue weighted by atomic mass is 35.5. The maximum Gasteiger partial charge on any atom is 0.405 e. The third-order valence-corrected chi connectivity index (χ3v) is 4.35. The Bertz CT molecular complexity index is 634. The maximum atomic E-state index is 12.1. The van der Waals surface area contributed by atoms with Crippen molar-refractivity contribution in [1.29, 1.82) is 0 Å². The molecule has 0 spiro atoms. The number of nitrogens with zero attached hydrogens (tertiary/aromatic N) is 1. The van der Waals surface area contributed by atoms with E-state index in [0.29, 0.717) is 5.02 Å². The minimum atomic E-state index is -4.50. The summed E-state index contributed by atoms with van der Waals surface area (Å²) in [6.07, 6.45) is -3.02. The number of halogens is 4. The second-order valence-corrected chi connectivity index (χ2v) is 6.62. The molecule has 2 rings (SSSR count). The smallest absolute Gasteiger partial charge is 0.354 e. The lowest BCUT2D eigenvalue weighted by molar-refractivity contribution is -0.140. The first kappa shape index (κ1) is 20.5. The third-order valence-electron chi connectivity index (χ3n) is 4.11. The van der Waals surface area contributed by atoms with Gasteiger partial charge in [0.1, 0.15) is 13.0 Å². The van der Waals surface area contributed by atoms with Gasteiger partial charge in [0.2, 0.25) is 11.8 Å². The monoisotopic (exact) mass is 391 g/mol. The molecular weight excluding hydrogens is 371 g/mol. The van der Waals surface area contributed by atoms with Crippen LogP contribution in [0.15, 0.2) is 24.3 Å². The Hall–Kier alpha value is -1.80. The van der Waals surface area contributed by atoms with Crippen LogP contribution in [0, 0.1) is 0 Å². The van der Waals surface area contributed by atoms with Crippen LogP contribution in [0.25, 0.3) is 0 Å². The van der Waals surface area contributed by atoms with E-state index in [1.165, 1.54) is 0 Å². The third kappa shape index (κ3) is 6.84. The lowest BCUT2D eigenvalue weighted by atomic mass is 10.1. The van der Waals surface area contributed by atoms with Gasteiger partial charge in [-0.05, 0) is 43.6 Å². The van der Waals surface area contributed by atoms with Crippen LogP contribution >= 0.6 is 11.6 Å². The van der Waals surface area contributed by atoms with Gasteiger partial charge < -0.3 is 10.6 Å². The zero-order valence-corrected chi connectivity index (χ0v) is 14.9.